The summed E-state index contributed by atoms with van der Waals surface area (Å²) in [5.74, 6) is 0.313. The minimum atomic E-state index is -0.395. The number of carbonyl (C=O) groups is 1. The average Bonchev–Trinajstić information content (AvgIpc) is 2.53. The Morgan fingerprint density at radius 3 is 1.72 bits per heavy atom. The van der Waals surface area contributed by atoms with Gasteiger partial charge >= 0.3 is 5.97 Å². The Kier molecular flexibility index (Phi) is 5.03. The lowest BCUT2D eigenvalue weighted by Crippen LogP contribution is -2.25. The second-order valence-electron chi connectivity index (χ2n) is 8.04. The molecule has 25 heavy (non-hydrogen) atoms. The monoisotopic (exact) mass is 340 g/mol. The molecule has 0 saturated carbocycles. The van der Waals surface area contributed by atoms with E-state index in [-0.39, 0.29) is 10.8 Å². The van der Waals surface area contributed by atoms with Crippen LogP contribution >= 0.6 is 0 Å². The van der Waals surface area contributed by atoms with Crippen LogP contribution in [0.15, 0.2) is 24.3 Å². The molecule has 0 radical (unpaired) electrons. The number of nitrogens with zero attached hydrogens (tertiary/aromatic N) is 2. The van der Waals surface area contributed by atoms with Gasteiger partial charge in [-0.05, 0) is 44.2 Å². The van der Waals surface area contributed by atoms with Gasteiger partial charge in [-0.3, -0.25) is 0 Å². The minimum Gasteiger partial charge on any atom is -0.465 e. The number of ether oxygens (including phenoxy) is 1. The molecule has 0 bridgehead atoms. The molecule has 0 fully saturated rings. The number of hydrogen-bond acceptors (Lipinski definition) is 4. The van der Waals surface area contributed by atoms with E-state index in [4.69, 9.17) is 4.74 Å². The van der Waals surface area contributed by atoms with Gasteiger partial charge < -0.3 is 4.74 Å². The molecule has 2 aromatic rings. The van der Waals surface area contributed by atoms with Crippen molar-refractivity contribution < 1.29 is 9.53 Å². The van der Waals surface area contributed by atoms with Crippen molar-refractivity contribution in [2.24, 2.45) is 0 Å². The number of aromatic nitrogens is 2. The topological polar surface area (TPSA) is 52.1 Å². The van der Waals surface area contributed by atoms with Gasteiger partial charge in [-0.25, -0.2) is 14.8 Å². The maximum absolute atomic E-state index is 11.9. The van der Waals surface area contributed by atoms with Gasteiger partial charge in [0, 0.05) is 5.41 Å². The minimum absolute atomic E-state index is 0.120. The molecule has 1 aromatic heterocycles. The quantitative estimate of drug-likeness (QED) is 0.772. The molecule has 1 heterocycles. The Bertz CT molecular complexity index is 762. The lowest BCUT2D eigenvalue weighted by molar-refractivity contribution is 0.0597. The molecule has 0 aliphatic carbocycles. The average molecular weight is 340 g/mol. The third kappa shape index (κ3) is 3.73. The van der Waals surface area contributed by atoms with Crippen LogP contribution in [0.5, 0.6) is 0 Å². The molecule has 0 aliphatic rings. The van der Waals surface area contributed by atoms with Crippen LogP contribution in [-0.2, 0) is 15.6 Å². The highest BCUT2D eigenvalue weighted by Crippen LogP contribution is 2.32. The third-order valence-electron chi connectivity index (χ3n) is 4.69. The van der Waals surface area contributed by atoms with Crippen LogP contribution < -0.4 is 0 Å². The second kappa shape index (κ2) is 6.58. The highest BCUT2D eigenvalue weighted by atomic mass is 16.5. The predicted octanol–water partition coefficient (Wildman–Crippen LogP) is 4.50. The van der Waals surface area contributed by atoms with E-state index in [2.05, 4.69) is 68.9 Å². The second-order valence-corrected chi connectivity index (χ2v) is 8.04. The molecule has 0 aliphatic heterocycles. The van der Waals surface area contributed by atoms with Crippen molar-refractivity contribution in [2.45, 2.75) is 59.3 Å². The summed E-state index contributed by atoms with van der Waals surface area (Å²) in [6, 6.07) is 8.62. The molecule has 4 nitrogen and oxygen atoms in total. The summed E-state index contributed by atoms with van der Waals surface area (Å²) >= 11 is 0. The van der Waals surface area contributed by atoms with Gasteiger partial charge in [0.05, 0.1) is 18.5 Å². The molecule has 1 aromatic carbocycles. The van der Waals surface area contributed by atoms with Crippen molar-refractivity contribution in [3.63, 3.8) is 0 Å². The number of esters is 1. The Labute approximate surface area is 150 Å². The molecule has 0 amide bonds. The Balaban J connectivity index is 2.48. The number of carbonyl (C=O) groups excluding carboxylic acids is 1. The first-order valence-electron chi connectivity index (χ1n) is 8.53. The lowest BCUT2D eigenvalue weighted by atomic mass is 9.80. The molecule has 0 spiro atoms. The van der Waals surface area contributed by atoms with Gasteiger partial charge in [0.15, 0.2) is 0 Å². The van der Waals surface area contributed by atoms with E-state index in [1.54, 1.807) is 0 Å². The molecule has 134 valence electrons. The van der Waals surface area contributed by atoms with Gasteiger partial charge in [-0.15, -0.1) is 0 Å². The number of methoxy groups -OCH3 is 1. The first kappa shape index (κ1) is 19.1. The zero-order chi connectivity index (χ0) is 19.0. The van der Waals surface area contributed by atoms with Gasteiger partial charge in [-0.1, -0.05) is 45.0 Å². The predicted molar refractivity (Wildman–Crippen MR) is 100 cm³/mol. The fourth-order valence-electron chi connectivity index (χ4n) is 2.91. The van der Waals surface area contributed by atoms with Crippen LogP contribution in [-0.4, -0.2) is 23.0 Å². The van der Waals surface area contributed by atoms with Gasteiger partial charge in [-0.2, -0.15) is 0 Å². The van der Waals surface area contributed by atoms with Crippen LogP contribution in [0.2, 0.25) is 0 Å². The van der Waals surface area contributed by atoms with Crippen molar-refractivity contribution in [1.82, 2.24) is 9.97 Å². The summed E-state index contributed by atoms with van der Waals surface area (Å²) in [5, 5.41) is 0. The molecule has 0 N–H and O–H groups in total. The third-order valence-corrected chi connectivity index (χ3v) is 4.69. The molecular formula is C21H28N2O2. The van der Waals surface area contributed by atoms with Gasteiger partial charge in [0.2, 0.25) is 0 Å². The highest BCUT2D eigenvalue weighted by Gasteiger charge is 2.29. The SMILES string of the molecule is COC(=O)c1c(C)nc(C(C)(C)c2ccc(C(C)(C)C)cc2)nc1C. The van der Waals surface area contributed by atoms with Crippen LogP contribution in [0.1, 0.15) is 73.3 Å². The summed E-state index contributed by atoms with van der Waals surface area (Å²) in [4.78, 5) is 21.1. The molecule has 2 rings (SSSR count). The van der Waals surface area contributed by atoms with Crippen LogP contribution in [0, 0.1) is 13.8 Å². The molecule has 0 unspecified atom stereocenters. The normalized spacial score (nSPS) is 12.2. The van der Waals surface area contributed by atoms with E-state index in [1.807, 2.05) is 13.8 Å². The zero-order valence-electron chi connectivity index (χ0n) is 16.5. The fraction of sp³-hybridized carbons (Fsp3) is 0.476. The smallest absolute Gasteiger partial charge is 0.341 e. The largest absolute Gasteiger partial charge is 0.465 e. The number of hydrogen-bond donors (Lipinski definition) is 0. The van der Waals surface area contributed by atoms with E-state index in [0.29, 0.717) is 22.8 Å². The summed E-state index contributed by atoms with van der Waals surface area (Å²) in [5.41, 5.74) is 3.94. The number of benzene rings is 1. The maximum Gasteiger partial charge on any atom is 0.341 e. The van der Waals surface area contributed by atoms with Crippen molar-refractivity contribution >= 4 is 5.97 Å². The molecule has 0 saturated heterocycles. The van der Waals surface area contributed by atoms with E-state index in [9.17, 15) is 4.79 Å². The zero-order valence-corrected chi connectivity index (χ0v) is 16.5. The summed E-state index contributed by atoms with van der Waals surface area (Å²) < 4.78 is 4.83. The summed E-state index contributed by atoms with van der Waals surface area (Å²) in [6.07, 6.45) is 0. The van der Waals surface area contributed by atoms with Crippen molar-refractivity contribution in [1.29, 1.82) is 0 Å². The maximum atomic E-state index is 11.9. The van der Waals surface area contributed by atoms with E-state index < -0.39 is 5.97 Å². The number of rotatable bonds is 3. The van der Waals surface area contributed by atoms with Gasteiger partial charge in [0.25, 0.3) is 0 Å². The fourth-order valence-corrected chi connectivity index (χ4v) is 2.91. The number of aryl methyl sites for hydroxylation is 2. The standard InChI is InChI=1S/C21H28N2O2/c1-13-17(18(24)25-8)14(2)23-19(22-13)21(6,7)16-11-9-15(10-12-16)20(3,4)5/h9-12H,1-8H3. The van der Waals surface area contributed by atoms with E-state index in [0.717, 1.165) is 5.56 Å². The molecular weight excluding hydrogens is 312 g/mol. The van der Waals surface area contributed by atoms with E-state index in [1.165, 1.54) is 12.7 Å². The van der Waals surface area contributed by atoms with Crippen LogP contribution in [0.3, 0.4) is 0 Å². The Morgan fingerprint density at radius 1 is 0.880 bits per heavy atom. The van der Waals surface area contributed by atoms with Crippen molar-refractivity contribution in [3.05, 3.63) is 58.2 Å². The summed E-state index contributed by atoms with van der Waals surface area (Å²) in [6.45, 7) is 14.5. The molecule has 0 atom stereocenters. The first-order valence-corrected chi connectivity index (χ1v) is 8.53. The van der Waals surface area contributed by atoms with Gasteiger partial charge in [0.1, 0.15) is 11.4 Å². The van der Waals surface area contributed by atoms with Crippen LogP contribution in [0.4, 0.5) is 0 Å². The highest BCUT2D eigenvalue weighted by molar-refractivity contribution is 5.91. The first-order chi connectivity index (χ1) is 11.5. The summed E-state index contributed by atoms with van der Waals surface area (Å²) in [7, 11) is 1.37. The lowest BCUT2D eigenvalue weighted by Gasteiger charge is -2.26. The Hall–Kier alpha value is -2.23. The van der Waals surface area contributed by atoms with Crippen LogP contribution in [0.25, 0.3) is 0 Å². The van der Waals surface area contributed by atoms with Crippen molar-refractivity contribution in [3.8, 4) is 0 Å². The molecule has 4 heteroatoms. The van der Waals surface area contributed by atoms with E-state index >= 15 is 0 Å². The Morgan fingerprint density at radius 2 is 1.32 bits per heavy atom. The van der Waals surface area contributed by atoms with Crippen molar-refractivity contribution in [2.75, 3.05) is 7.11 Å².